The molecule has 1 N–H and O–H groups in total. The van der Waals surface area contributed by atoms with Gasteiger partial charge < -0.3 is 5.32 Å². The SMILES string of the molecule is O=C(CN1C(=O)N/C(=C\c2ccc(Br)cc2)C1=O)c1ccccc1. The second-order valence-corrected chi connectivity index (χ2v) is 6.14. The molecule has 1 aliphatic heterocycles. The van der Waals surface area contributed by atoms with Crippen LogP contribution in [0, 0.1) is 0 Å². The van der Waals surface area contributed by atoms with Gasteiger partial charge in [0.25, 0.3) is 5.91 Å². The molecule has 0 saturated carbocycles. The summed E-state index contributed by atoms with van der Waals surface area (Å²) in [5, 5.41) is 2.51. The zero-order valence-electron chi connectivity index (χ0n) is 12.5. The Morgan fingerprint density at radius 3 is 2.38 bits per heavy atom. The number of Topliss-reactive ketones (excluding diaryl/α,β-unsaturated/α-hetero) is 1. The first kappa shape index (κ1) is 16.1. The fourth-order valence-electron chi connectivity index (χ4n) is 2.30. The summed E-state index contributed by atoms with van der Waals surface area (Å²) in [5.74, 6) is -0.795. The molecule has 24 heavy (non-hydrogen) atoms. The Labute approximate surface area is 147 Å². The van der Waals surface area contributed by atoms with Crippen molar-refractivity contribution in [1.82, 2.24) is 10.2 Å². The largest absolute Gasteiger partial charge is 0.329 e. The average Bonchev–Trinajstić information content (AvgIpc) is 2.85. The number of imide groups is 1. The third-order valence-electron chi connectivity index (χ3n) is 3.54. The molecule has 0 aromatic heterocycles. The van der Waals surface area contributed by atoms with Gasteiger partial charge in [0.2, 0.25) is 0 Å². The predicted octanol–water partition coefficient (Wildman–Crippen LogP) is 3.22. The summed E-state index contributed by atoms with van der Waals surface area (Å²) in [6.45, 7) is -0.285. The van der Waals surface area contributed by atoms with Gasteiger partial charge in [0.1, 0.15) is 5.70 Å². The summed E-state index contributed by atoms with van der Waals surface area (Å²) in [5.41, 5.74) is 1.39. The van der Waals surface area contributed by atoms with E-state index in [9.17, 15) is 14.4 Å². The molecule has 0 spiro atoms. The van der Waals surface area contributed by atoms with Crippen LogP contribution in [0.5, 0.6) is 0 Å². The quantitative estimate of drug-likeness (QED) is 0.499. The highest BCUT2D eigenvalue weighted by Crippen LogP contribution is 2.17. The Morgan fingerprint density at radius 2 is 1.71 bits per heavy atom. The summed E-state index contributed by atoms with van der Waals surface area (Å²) in [4.78, 5) is 37.5. The lowest BCUT2D eigenvalue weighted by atomic mass is 10.1. The minimum absolute atomic E-state index is 0.156. The number of amides is 3. The Hall–Kier alpha value is -2.73. The van der Waals surface area contributed by atoms with Gasteiger partial charge in [0, 0.05) is 10.0 Å². The number of carbonyl (C=O) groups is 3. The Balaban J connectivity index is 1.77. The second kappa shape index (κ2) is 6.80. The van der Waals surface area contributed by atoms with Gasteiger partial charge in [-0.15, -0.1) is 0 Å². The smallest absolute Gasteiger partial charge is 0.303 e. The molecule has 0 unspecified atom stereocenters. The molecule has 2 aromatic carbocycles. The minimum atomic E-state index is -0.590. The summed E-state index contributed by atoms with van der Waals surface area (Å²) in [7, 11) is 0. The van der Waals surface area contributed by atoms with E-state index in [-0.39, 0.29) is 18.0 Å². The molecular formula is C18H13BrN2O3. The van der Waals surface area contributed by atoms with Crippen molar-refractivity contribution >= 4 is 39.7 Å². The first-order valence-corrected chi connectivity index (χ1v) is 8.02. The Morgan fingerprint density at radius 1 is 1.04 bits per heavy atom. The van der Waals surface area contributed by atoms with Crippen molar-refractivity contribution in [1.29, 1.82) is 0 Å². The first-order chi connectivity index (χ1) is 11.5. The Bertz CT molecular complexity index is 829. The predicted molar refractivity (Wildman–Crippen MR) is 93.1 cm³/mol. The van der Waals surface area contributed by atoms with Crippen LogP contribution >= 0.6 is 15.9 Å². The van der Waals surface area contributed by atoms with Crippen LogP contribution < -0.4 is 5.32 Å². The van der Waals surface area contributed by atoms with Crippen molar-refractivity contribution in [2.24, 2.45) is 0 Å². The molecule has 120 valence electrons. The van der Waals surface area contributed by atoms with Crippen molar-refractivity contribution in [3.63, 3.8) is 0 Å². The van der Waals surface area contributed by atoms with E-state index in [0.717, 1.165) is 14.9 Å². The highest BCUT2D eigenvalue weighted by Gasteiger charge is 2.34. The van der Waals surface area contributed by atoms with Gasteiger partial charge in [-0.25, -0.2) is 4.79 Å². The summed E-state index contributed by atoms with van der Waals surface area (Å²) in [6, 6.07) is 15.3. The van der Waals surface area contributed by atoms with E-state index >= 15 is 0 Å². The number of benzene rings is 2. The zero-order valence-corrected chi connectivity index (χ0v) is 14.1. The summed E-state index contributed by atoms with van der Waals surface area (Å²) in [6.07, 6.45) is 1.58. The molecule has 0 bridgehead atoms. The summed E-state index contributed by atoms with van der Waals surface area (Å²) < 4.78 is 0.918. The monoisotopic (exact) mass is 384 g/mol. The molecule has 0 aliphatic carbocycles. The number of nitrogens with one attached hydrogen (secondary N) is 1. The standard InChI is InChI=1S/C18H13BrN2O3/c19-14-8-6-12(7-9-14)10-15-17(23)21(18(24)20-15)11-16(22)13-4-2-1-3-5-13/h1-10H,11H2,(H,20,24)/b15-10-. The highest BCUT2D eigenvalue weighted by atomic mass is 79.9. The lowest BCUT2D eigenvalue weighted by Crippen LogP contribution is -2.35. The van der Waals surface area contributed by atoms with Crippen LogP contribution in [0.15, 0.2) is 64.8 Å². The minimum Gasteiger partial charge on any atom is -0.303 e. The number of carbonyl (C=O) groups excluding carboxylic acids is 3. The van der Waals surface area contributed by atoms with E-state index in [1.807, 2.05) is 24.3 Å². The number of hydrogen-bond donors (Lipinski definition) is 1. The molecule has 0 radical (unpaired) electrons. The van der Waals surface area contributed by atoms with E-state index in [1.54, 1.807) is 36.4 Å². The molecule has 1 saturated heterocycles. The maximum absolute atomic E-state index is 12.4. The molecule has 3 amide bonds. The average molecular weight is 385 g/mol. The zero-order chi connectivity index (χ0) is 17.1. The molecule has 5 nitrogen and oxygen atoms in total. The van der Waals surface area contributed by atoms with Crippen molar-refractivity contribution in [3.05, 3.63) is 75.9 Å². The van der Waals surface area contributed by atoms with Crippen LogP contribution in [0.25, 0.3) is 6.08 Å². The maximum Gasteiger partial charge on any atom is 0.329 e. The van der Waals surface area contributed by atoms with E-state index < -0.39 is 11.9 Å². The summed E-state index contributed by atoms with van der Waals surface area (Å²) >= 11 is 3.34. The van der Waals surface area contributed by atoms with Crippen LogP contribution in [0.2, 0.25) is 0 Å². The Kier molecular flexibility index (Phi) is 4.57. The van der Waals surface area contributed by atoms with Gasteiger partial charge >= 0.3 is 6.03 Å². The van der Waals surface area contributed by atoms with Crippen LogP contribution in [0.1, 0.15) is 15.9 Å². The van der Waals surface area contributed by atoms with Gasteiger partial charge in [-0.05, 0) is 23.8 Å². The number of rotatable bonds is 4. The molecule has 1 aliphatic rings. The van der Waals surface area contributed by atoms with Gasteiger partial charge in [-0.1, -0.05) is 58.4 Å². The topological polar surface area (TPSA) is 66.5 Å². The van der Waals surface area contributed by atoms with E-state index in [1.165, 1.54) is 0 Å². The lowest BCUT2D eigenvalue weighted by Gasteiger charge is -2.10. The van der Waals surface area contributed by atoms with Gasteiger partial charge in [-0.3, -0.25) is 14.5 Å². The molecule has 3 rings (SSSR count). The third kappa shape index (κ3) is 3.44. The number of urea groups is 1. The fourth-order valence-corrected chi connectivity index (χ4v) is 2.56. The molecule has 0 atom stereocenters. The normalized spacial score (nSPS) is 15.7. The number of halogens is 1. The van der Waals surface area contributed by atoms with Crippen molar-refractivity contribution in [3.8, 4) is 0 Å². The maximum atomic E-state index is 12.4. The second-order valence-electron chi connectivity index (χ2n) is 5.22. The molecule has 1 fully saturated rings. The van der Waals surface area contributed by atoms with Gasteiger partial charge in [-0.2, -0.15) is 0 Å². The molecule has 6 heteroatoms. The number of hydrogen-bond acceptors (Lipinski definition) is 3. The van der Waals surface area contributed by atoms with Gasteiger partial charge in [0.15, 0.2) is 5.78 Å². The van der Waals surface area contributed by atoms with Crippen molar-refractivity contribution < 1.29 is 14.4 Å². The van der Waals surface area contributed by atoms with Crippen LogP contribution in [-0.4, -0.2) is 29.2 Å². The van der Waals surface area contributed by atoms with Crippen LogP contribution in [0.4, 0.5) is 4.79 Å². The van der Waals surface area contributed by atoms with Crippen molar-refractivity contribution in [2.75, 3.05) is 6.54 Å². The molecule has 2 aromatic rings. The van der Waals surface area contributed by atoms with E-state index in [4.69, 9.17) is 0 Å². The van der Waals surface area contributed by atoms with E-state index in [2.05, 4.69) is 21.2 Å². The first-order valence-electron chi connectivity index (χ1n) is 7.23. The molecular weight excluding hydrogens is 372 g/mol. The third-order valence-corrected chi connectivity index (χ3v) is 4.07. The lowest BCUT2D eigenvalue weighted by molar-refractivity contribution is -0.122. The number of nitrogens with zero attached hydrogens (tertiary/aromatic N) is 1. The molecule has 1 heterocycles. The van der Waals surface area contributed by atoms with Crippen molar-refractivity contribution in [2.45, 2.75) is 0 Å². The van der Waals surface area contributed by atoms with Gasteiger partial charge in [0.05, 0.1) is 6.54 Å². The van der Waals surface area contributed by atoms with Crippen LogP contribution in [0.3, 0.4) is 0 Å². The van der Waals surface area contributed by atoms with E-state index in [0.29, 0.717) is 5.56 Å². The fraction of sp³-hybridized carbons (Fsp3) is 0.0556. The number of ketones is 1. The highest BCUT2D eigenvalue weighted by molar-refractivity contribution is 9.10. The van der Waals surface area contributed by atoms with Crippen LogP contribution in [-0.2, 0) is 4.79 Å².